The Morgan fingerprint density at radius 2 is 2.09 bits per heavy atom. The molecule has 7 nitrogen and oxygen atoms in total. The minimum absolute atomic E-state index is 0.265. The van der Waals surface area contributed by atoms with Gasteiger partial charge in [-0.05, 0) is 30.7 Å². The fraction of sp³-hybridized carbons (Fsp3) is 0.125. The summed E-state index contributed by atoms with van der Waals surface area (Å²) in [5, 5.41) is 5.31. The van der Waals surface area contributed by atoms with Crippen LogP contribution in [0.3, 0.4) is 0 Å². The van der Waals surface area contributed by atoms with E-state index in [1.54, 1.807) is 10.9 Å². The minimum atomic E-state index is -0.494. The lowest BCUT2D eigenvalue weighted by Gasteiger charge is -2.09. The summed E-state index contributed by atoms with van der Waals surface area (Å²) in [5.41, 5.74) is 13.4. The van der Waals surface area contributed by atoms with Crippen LogP contribution in [0.5, 0.6) is 0 Å². The average Bonchev–Trinajstić information content (AvgIpc) is 2.97. The molecule has 0 aliphatic heterocycles. The Kier molecular flexibility index (Phi) is 3.76. The van der Waals surface area contributed by atoms with Gasteiger partial charge in [-0.2, -0.15) is 10.1 Å². The molecule has 0 unspecified atom stereocenters. The molecule has 0 aliphatic rings. The molecule has 0 spiro atoms. The summed E-state index contributed by atoms with van der Waals surface area (Å²) in [6, 6.07) is 9.61. The molecule has 0 radical (unpaired) electrons. The van der Waals surface area contributed by atoms with Crippen LogP contribution in [0.15, 0.2) is 47.7 Å². The highest BCUT2D eigenvalue weighted by molar-refractivity contribution is 6.02. The van der Waals surface area contributed by atoms with Crippen molar-refractivity contribution in [2.45, 2.75) is 13.3 Å². The Labute approximate surface area is 132 Å². The van der Waals surface area contributed by atoms with Gasteiger partial charge in [-0.25, -0.2) is 4.68 Å². The number of pyridine rings is 1. The lowest BCUT2D eigenvalue weighted by molar-refractivity contribution is 0.100. The maximum Gasteiger partial charge on any atom is 0.283 e. The number of fused-ring (bicyclic) bond motifs is 1. The number of nitrogens with two attached hydrogens (primary N) is 2. The van der Waals surface area contributed by atoms with Gasteiger partial charge in [0.1, 0.15) is 0 Å². The second-order valence-corrected chi connectivity index (χ2v) is 4.96. The standard InChI is InChI=1S/C16H16N6O/c1-2-13-11(15(23)21-16(17)18)9-20-22(13)14-7-3-6-12-10(14)5-4-8-19-12/h3-9H,2H2,1H3,(H4,17,18,21,23). The number of carbonyl (C=O) groups is 1. The number of hydrogen-bond donors (Lipinski definition) is 2. The monoisotopic (exact) mass is 308 g/mol. The van der Waals surface area contributed by atoms with Crippen LogP contribution in [0.2, 0.25) is 0 Å². The molecule has 2 heterocycles. The van der Waals surface area contributed by atoms with Crippen molar-refractivity contribution in [3.05, 3.63) is 54.0 Å². The zero-order chi connectivity index (χ0) is 16.4. The smallest absolute Gasteiger partial charge is 0.283 e. The molecule has 1 amide bonds. The Morgan fingerprint density at radius 3 is 2.83 bits per heavy atom. The highest BCUT2D eigenvalue weighted by Gasteiger charge is 2.18. The first-order chi connectivity index (χ1) is 11.1. The maximum absolute atomic E-state index is 12.1. The highest BCUT2D eigenvalue weighted by atomic mass is 16.1. The van der Waals surface area contributed by atoms with E-state index in [0.717, 1.165) is 22.3 Å². The molecule has 3 rings (SSSR count). The fourth-order valence-corrected chi connectivity index (χ4v) is 2.55. The quantitative estimate of drug-likeness (QED) is 0.561. The van der Waals surface area contributed by atoms with Crippen LogP contribution in [0, 0.1) is 0 Å². The Bertz CT molecular complexity index is 903. The van der Waals surface area contributed by atoms with Crippen molar-refractivity contribution in [3.63, 3.8) is 0 Å². The fourth-order valence-electron chi connectivity index (χ4n) is 2.55. The third-order valence-electron chi connectivity index (χ3n) is 3.52. The van der Waals surface area contributed by atoms with Crippen molar-refractivity contribution in [3.8, 4) is 5.69 Å². The van der Waals surface area contributed by atoms with Crippen LogP contribution in [0.1, 0.15) is 23.0 Å². The van der Waals surface area contributed by atoms with Gasteiger partial charge < -0.3 is 11.5 Å². The molecule has 4 N–H and O–H groups in total. The van der Waals surface area contributed by atoms with E-state index in [1.807, 2.05) is 37.3 Å². The second kappa shape index (κ2) is 5.88. The summed E-state index contributed by atoms with van der Waals surface area (Å²) in [6.45, 7) is 1.95. The third-order valence-corrected chi connectivity index (χ3v) is 3.52. The van der Waals surface area contributed by atoms with Crippen molar-refractivity contribution in [2.24, 2.45) is 16.5 Å². The maximum atomic E-state index is 12.1. The largest absolute Gasteiger partial charge is 0.370 e. The molecule has 0 saturated heterocycles. The number of nitrogens with zero attached hydrogens (tertiary/aromatic N) is 4. The molecule has 0 saturated carbocycles. The number of guanidine groups is 1. The van der Waals surface area contributed by atoms with Crippen molar-refractivity contribution in [1.82, 2.24) is 14.8 Å². The van der Waals surface area contributed by atoms with Gasteiger partial charge in [-0.3, -0.25) is 9.78 Å². The summed E-state index contributed by atoms with van der Waals surface area (Å²) < 4.78 is 1.74. The number of carbonyl (C=O) groups excluding carboxylic acids is 1. The van der Waals surface area contributed by atoms with E-state index in [1.165, 1.54) is 6.20 Å². The van der Waals surface area contributed by atoms with E-state index in [-0.39, 0.29) is 5.96 Å². The average molecular weight is 308 g/mol. The summed E-state index contributed by atoms with van der Waals surface area (Å²) in [4.78, 5) is 20.1. The van der Waals surface area contributed by atoms with Crippen molar-refractivity contribution in [1.29, 1.82) is 0 Å². The van der Waals surface area contributed by atoms with E-state index in [9.17, 15) is 4.79 Å². The first-order valence-electron chi connectivity index (χ1n) is 7.16. The van der Waals surface area contributed by atoms with Crippen LogP contribution in [0.25, 0.3) is 16.6 Å². The Morgan fingerprint density at radius 1 is 1.26 bits per heavy atom. The zero-order valence-electron chi connectivity index (χ0n) is 12.6. The summed E-state index contributed by atoms with van der Waals surface area (Å²) in [5.74, 6) is -0.759. The van der Waals surface area contributed by atoms with Crippen molar-refractivity contribution >= 4 is 22.8 Å². The van der Waals surface area contributed by atoms with Gasteiger partial charge in [0.15, 0.2) is 5.96 Å². The minimum Gasteiger partial charge on any atom is -0.370 e. The molecule has 23 heavy (non-hydrogen) atoms. The number of aliphatic imine (C=N–C) groups is 1. The third kappa shape index (κ3) is 2.64. The first-order valence-corrected chi connectivity index (χ1v) is 7.16. The topological polar surface area (TPSA) is 112 Å². The van der Waals surface area contributed by atoms with Gasteiger partial charge in [-0.1, -0.05) is 13.0 Å². The van der Waals surface area contributed by atoms with Gasteiger partial charge in [-0.15, -0.1) is 0 Å². The molecule has 7 heteroatoms. The van der Waals surface area contributed by atoms with Crippen molar-refractivity contribution in [2.75, 3.05) is 0 Å². The SMILES string of the molecule is CCc1c(C(=O)N=C(N)N)cnn1-c1cccc2ncccc12. The molecule has 0 fully saturated rings. The lowest BCUT2D eigenvalue weighted by Crippen LogP contribution is -2.24. The molecule has 0 aliphatic carbocycles. The van der Waals surface area contributed by atoms with Crippen LogP contribution in [-0.2, 0) is 6.42 Å². The Hall–Kier alpha value is -3.22. The predicted octanol–water partition coefficient (Wildman–Crippen LogP) is 1.40. The van der Waals surface area contributed by atoms with E-state index >= 15 is 0 Å². The highest BCUT2D eigenvalue weighted by Crippen LogP contribution is 2.23. The van der Waals surface area contributed by atoms with Crippen LogP contribution in [-0.4, -0.2) is 26.6 Å². The second-order valence-electron chi connectivity index (χ2n) is 4.96. The number of benzene rings is 1. The molecular formula is C16H16N6O. The summed E-state index contributed by atoms with van der Waals surface area (Å²) in [7, 11) is 0. The van der Waals surface area contributed by atoms with Gasteiger partial charge in [0, 0.05) is 11.6 Å². The zero-order valence-corrected chi connectivity index (χ0v) is 12.6. The van der Waals surface area contributed by atoms with Gasteiger partial charge in [0.05, 0.1) is 28.7 Å². The van der Waals surface area contributed by atoms with E-state index in [4.69, 9.17) is 11.5 Å². The number of hydrogen-bond acceptors (Lipinski definition) is 3. The van der Waals surface area contributed by atoms with Gasteiger partial charge in [0.2, 0.25) is 0 Å². The van der Waals surface area contributed by atoms with E-state index in [2.05, 4.69) is 15.1 Å². The summed E-state index contributed by atoms with van der Waals surface area (Å²) in [6.07, 6.45) is 3.84. The molecule has 116 valence electrons. The van der Waals surface area contributed by atoms with Gasteiger partial charge >= 0.3 is 0 Å². The van der Waals surface area contributed by atoms with Crippen molar-refractivity contribution < 1.29 is 4.79 Å². The van der Waals surface area contributed by atoms with Crippen LogP contribution in [0.4, 0.5) is 0 Å². The van der Waals surface area contributed by atoms with Crippen LogP contribution >= 0.6 is 0 Å². The molecule has 3 aromatic rings. The van der Waals surface area contributed by atoms with Crippen LogP contribution < -0.4 is 11.5 Å². The summed E-state index contributed by atoms with van der Waals surface area (Å²) >= 11 is 0. The van der Waals surface area contributed by atoms with E-state index in [0.29, 0.717) is 12.0 Å². The number of amides is 1. The molecule has 0 bridgehead atoms. The van der Waals surface area contributed by atoms with E-state index < -0.39 is 5.91 Å². The molecular weight excluding hydrogens is 292 g/mol. The molecule has 2 aromatic heterocycles. The molecule has 0 atom stereocenters. The lowest BCUT2D eigenvalue weighted by atomic mass is 10.1. The predicted molar refractivity (Wildman–Crippen MR) is 88.4 cm³/mol. The first kappa shape index (κ1) is 14.7. The number of aromatic nitrogens is 3. The molecule has 1 aromatic carbocycles. The Balaban J connectivity index is 2.19. The van der Waals surface area contributed by atoms with Gasteiger partial charge in [0.25, 0.3) is 5.91 Å². The normalized spacial score (nSPS) is 10.7. The number of rotatable bonds is 3.